The highest BCUT2D eigenvalue weighted by Crippen LogP contribution is 2.41. The van der Waals surface area contributed by atoms with Crippen LogP contribution in [0.2, 0.25) is 0 Å². The second-order valence-corrected chi connectivity index (χ2v) is 4.13. The summed E-state index contributed by atoms with van der Waals surface area (Å²) in [6, 6.07) is 0. The second-order valence-electron chi connectivity index (χ2n) is 4.13. The van der Waals surface area contributed by atoms with Gasteiger partial charge in [0.25, 0.3) is 0 Å². The first-order valence-electron chi connectivity index (χ1n) is 4.72. The van der Waals surface area contributed by atoms with E-state index in [-0.39, 0.29) is 11.7 Å². The third-order valence-corrected chi connectivity index (χ3v) is 3.19. The van der Waals surface area contributed by atoms with Gasteiger partial charge in [-0.2, -0.15) is 0 Å². The molecular formula is C10H16O3. The molecule has 1 fully saturated rings. The summed E-state index contributed by atoms with van der Waals surface area (Å²) in [5.41, 5.74) is -0.815. The van der Waals surface area contributed by atoms with Crippen molar-refractivity contribution in [1.29, 1.82) is 0 Å². The van der Waals surface area contributed by atoms with Crippen LogP contribution in [-0.4, -0.2) is 16.9 Å². The van der Waals surface area contributed by atoms with Crippen LogP contribution in [0, 0.1) is 11.3 Å². The molecule has 0 aromatic rings. The third kappa shape index (κ3) is 1.74. The molecule has 1 N–H and O–H groups in total. The highest BCUT2D eigenvalue weighted by molar-refractivity contribution is 5.87. The molecule has 3 nitrogen and oxygen atoms in total. The molecule has 1 aliphatic rings. The minimum absolute atomic E-state index is 0.0181. The van der Waals surface area contributed by atoms with Crippen LogP contribution >= 0.6 is 0 Å². The summed E-state index contributed by atoms with van der Waals surface area (Å²) in [5, 5.41) is 9.06. The van der Waals surface area contributed by atoms with Crippen molar-refractivity contribution in [2.45, 2.75) is 39.5 Å². The van der Waals surface area contributed by atoms with Gasteiger partial charge in [-0.15, -0.1) is 0 Å². The number of aliphatic carboxylic acids is 1. The highest BCUT2D eigenvalue weighted by atomic mass is 16.4. The summed E-state index contributed by atoms with van der Waals surface area (Å²) in [7, 11) is 0. The number of carboxylic acids is 1. The predicted molar refractivity (Wildman–Crippen MR) is 48.4 cm³/mol. The molecule has 0 radical (unpaired) electrons. The maximum Gasteiger partial charge on any atom is 0.310 e. The van der Waals surface area contributed by atoms with Crippen molar-refractivity contribution in [2.75, 3.05) is 0 Å². The number of carbonyl (C=O) groups is 2. The van der Waals surface area contributed by atoms with Crippen LogP contribution in [0.5, 0.6) is 0 Å². The van der Waals surface area contributed by atoms with Crippen molar-refractivity contribution < 1.29 is 14.7 Å². The maximum atomic E-state index is 11.3. The Morgan fingerprint density at radius 2 is 2.00 bits per heavy atom. The van der Waals surface area contributed by atoms with Crippen LogP contribution in [-0.2, 0) is 9.59 Å². The van der Waals surface area contributed by atoms with Gasteiger partial charge in [-0.05, 0) is 26.7 Å². The van der Waals surface area contributed by atoms with E-state index in [4.69, 9.17) is 5.11 Å². The molecule has 1 rings (SSSR count). The van der Waals surface area contributed by atoms with Gasteiger partial charge in [0, 0.05) is 5.92 Å². The quantitative estimate of drug-likeness (QED) is 0.712. The lowest BCUT2D eigenvalue weighted by molar-refractivity contribution is -0.157. The average Bonchev–Trinajstić information content (AvgIpc) is 2.04. The highest BCUT2D eigenvalue weighted by Gasteiger charge is 2.45. The average molecular weight is 184 g/mol. The Labute approximate surface area is 78.1 Å². The Morgan fingerprint density at radius 3 is 2.38 bits per heavy atom. The van der Waals surface area contributed by atoms with Gasteiger partial charge in [-0.25, -0.2) is 0 Å². The second kappa shape index (κ2) is 3.48. The Bertz CT molecular complexity index is 234. The predicted octanol–water partition coefficient (Wildman–Crippen LogP) is 1.86. The zero-order valence-corrected chi connectivity index (χ0v) is 8.17. The lowest BCUT2D eigenvalue weighted by Crippen LogP contribution is -2.41. The van der Waals surface area contributed by atoms with Crippen LogP contribution in [0.25, 0.3) is 0 Å². The van der Waals surface area contributed by atoms with Crippen molar-refractivity contribution in [3.63, 3.8) is 0 Å². The maximum absolute atomic E-state index is 11.3. The first kappa shape index (κ1) is 10.2. The van der Waals surface area contributed by atoms with Crippen LogP contribution in [0.4, 0.5) is 0 Å². The van der Waals surface area contributed by atoms with Gasteiger partial charge in [0.2, 0.25) is 0 Å². The van der Waals surface area contributed by atoms with Crippen molar-refractivity contribution in [1.82, 2.24) is 0 Å². The number of hydrogen-bond donors (Lipinski definition) is 1. The molecule has 1 saturated carbocycles. The van der Waals surface area contributed by atoms with Gasteiger partial charge in [0.1, 0.15) is 5.78 Å². The molecule has 0 aromatic carbocycles. The van der Waals surface area contributed by atoms with Gasteiger partial charge in [0.15, 0.2) is 0 Å². The molecule has 2 atom stereocenters. The zero-order valence-electron chi connectivity index (χ0n) is 8.17. The van der Waals surface area contributed by atoms with E-state index in [0.717, 1.165) is 19.3 Å². The van der Waals surface area contributed by atoms with Crippen molar-refractivity contribution in [2.24, 2.45) is 11.3 Å². The van der Waals surface area contributed by atoms with Crippen molar-refractivity contribution in [3.8, 4) is 0 Å². The van der Waals surface area contributed by atoms with Gasteiger partial charge < -0.3 is 5.11 Å². The molecule has 0 saturated heterocycles. The van der Waals surface area contributed by atoms with E-state index < -0.39 is 11.4 Å². The number of rotatable bonds is 2. The van der Waals surface area contributed by atoms with E-state index in [2.05, 4.69) is 0 Å². The smallest absolute Gasteiger partial charge is 0.310 e. The van der Waals surface area contributed by atoms with Gasteiger partial charge in [-0.3, -0.25) is 9.59 Å². The molecule has 0 aliphatic heterocycles. The van der Waals surface area contributed by atoms with E-state index in [1.165, 1.54) is 6.92 Å². The Balaban J connectivity index is 2.89. The number of Topliss-reactive ketones (excluding diaryl/α,β-unsaturated/α-hetero) is 1. The van der Waals surface area contributed by atoms with Crippen LogP contribution in [0.15, 0.2) is 0 Å². The fourth-order valence-electron chi connectivity index (χ4n) is 2.24. The normalized spacial score (nSPS) is 34.2. The monoisotopic (exact) mass is 184 g/mol. The number of hydrogen-bond acceptors (Lipinski definition) is 2. The van der Waals surface area contributed by atoms with Gasteiger partial charge in [0.05, 0.1) is 5.41 Å². The first-order valence-corrected chi connectivity index (χ1v) is 4.72. The van der Waals surface area contributed by atoms with Crippen LogP contribution in [0.3, 0.4) is 0 Å². The van der Waals surface area contributed by atoms with E-state index in [0.29, 0.717) is 6.42 Å². The molecular weight excluding hydrogens is 168 g/mol. The van der Waals surface area contributed by atoms with E-state index in [1.807, 2.05) is 0 Å². The van der Waals surface area contributed by atoms with E-state index in [1.54, 1.807) is 6.92 Å². The number of carbonyl (C=O) groups excluding carboxylic acids is 1. The SMILES string of the molecule is CC(=O)C1CCCCC1(C)C(=O)O. The standard InChI is InChI=1S/C10H16O3/c1-7(11)8-5-3-4-6-10(8,2)9(12)13/h8H,3-6H2,1-2H3,(H,12,13). The summed E-state index contributed by atoms with van der Waals surface area (Å²) in [5.74, 6) is -1.09. The fraction of sp³-hybridized carbons (Fsp3) is 0.800. The Kier molecular flexibility index (Phi) is 2.74. The molecule has 0 amide bonds. The molecule has 0 aromatic heterocycles. The first-order chi connectivity index (χ1) is 5.98. The largest absolute Gasteiger partial charge is 0.481 e. The van der Waals surface area contributed by atoms with Crippen LogP contribution < -0.4 is 0 Å². The molecule has 0 bridgehead atoms. The molecule has 0 spiro atoms. The zero-order chi connectivity index (χ0) is 10.1. The lowest BCUT2D eigenvalue weighted by Gasteiger charge is -2.36. The molecule has 2 unspecified atom stereocenters. The lowest BCUT2D eigenvalue weighted by atomic mass is 9.66. The third-order valence-electron chi connectivity index (χ3n) is 3.19. The summed E-state index contributed by atoms with van der Waals surface area (Å²) in [6.45, 7) is 3.19. The minimum atomic E-state index is -0.826. The molecule has 3 heteroatoms. The summed E-state index contributed by atoms with van der Waals surface area (Å²) < 4.78 is 0. The van der Waals surface area contributed by atoms with E-state index in [9.17, 15) is 9.59 Å². The molecule has 74 valence electrons. The van der Waals surface area contributed by atoms with E-state index >= 15 is 0 Å². The van der Waals surface area contributed by atoms with Crippen molar-refractivity contribution in [3.05, 3.63) is 0 Å². The topological polar surface area (TPSA) is 54.4 Å². The fourth-order valence-corrected chi connectivity index (χ4v) is 2.24. The molecule has 1 aliphatic carbocycles. The van der Waals surface area contributed by atoms with Crippen LogP contribution in [0.1, 0.15) is 39.5 Å². The minimum Gasteiger partial charge on any atom is -0.481 e. The molecule has 13 heavy (non-hydrogen) atoms. The summed E-state index contributed by atoms with van der Waals surface area (Å²) in [6.07, 6.45) is 3.27. The number of ketones is 1. The Hall–Kier alpha value is -0.860. The van der Waals surface area contributed by atoms with Gasteiger partial charge in [-0.1, -0.05) is 12.8 Å². The summed E-state index contributed by atoms with van der Waals surface area (Å²) in [4.78, 5) is 22.3. The Morgan fingerprint density at radius 1 is 1.38 bits per heavy atom. The van der Waals surface area contributed by atoms with Crippen molar-refractivity contribution >= 4 is 11.8 Å². The van der Waals surface area contributed by atoms with Gasteiger partial charge >= 0.3 is 5.97 Å². The summed E-state index contributed by atoms with van der Waals surface area (Å²) >= 11 is 0. The number of carboxylic acid groups (broad SMARTS) is 1. The molecule has 0 heterocycles.